The molecule has 0 unspecified atom stereocenters. The number of rotatable bonds is 10. The number of nitrogens with one attached hydrogen (secondary N) is 1. The molecule has 1 aromatic rings. The van der Waals surface area contributed by atoms with Crippen LogP contribution in [0.2, 0.25) is 0 Å². The van der Waals surface area contributed by atoms with Crippen molar-refractivity contribution in [1.82, 2.24) is 5.32 Å². The smallest absolute Gasteiger partial charge is 0.122 e. The summed E-state index contributed by atoms with van der Waals surface area (Å²) < 4.78 is 11.2. The zero-order valence-electron chi connectivity index (χ0n) is 12.5. The zero-order chi connectivity index (χ0) is 13.9. The maximum Gasteiger partial charge on any atom is 0.122 e. The molecule has 3 nitrogen and oxygen atoms in total. The Bertz CT molecular complexity index is 353. The van der Waals surface area contributed by atoms with Crippen molar-refractivity contribution in [2.75, 3.05) is 32.9 Å². The number of hydrogen-bond donors (Lipinski definition) is 1. The van der Waals surface area contributed by atoms with Crippen LogP contribution in [0.1, 0.15) is 30.9 Å². The molecular formula is C16H27NO2. The van der Waals surface area contributed by atoms with Gasteiger partial charge in [0.15, 0.2) is 0 Å². The van der Waals surface area contributed by atoms with Crippen LogP contribution in [0.15, 0.2) is 18.2 Å². The fourth-order valence-corrected chi connectivity index (χ4v) is 1.73. The molecular weight excluding hydrogens is 238 g/mol. The molecule has 0 aliphatic heterocycles. The molecule has 0 aromatic heterocycles. The summed E-state index contributed by atoms with van der Waals surface area (Å²) in [5.41, 5.74) is 2.50. The van der Waals surface area contributed by atoms with Gasteiger partial charge in [-0.05, 0) is 37.5 Å². The van der Waals surface area contributed by atoms with Gasteiger partial charge < -0.3 is 14.8 Å². The average molecular weight is 265 g/mol. The second kappa shape index (κ2) is 9.82. The Kier molecular flexibility index (Phi) is 8.26. The molecule has 3 heteroatoms. The van der Waals surface area contributed by atoms with E-state index in [1.807, 2.05) is 12.1 Å². The van der Waals surface area contributed by atoms with Crippen LogP contribution >= 0.6 is 0 Å². The van der Waals surface area contributed by atoms with Crippen molar-refractivity contribution < 1.29 is 9.47 Å². The average Bonchev–Trinajstić information content (AvgIpc) is 2.41. The Morgan fingerprint density at radius 1 is 1.05 bits per heavy atom. The van der Waals surface area contributed by atoms with Gasteiger partial charge >= 0.3 is 0 Å². The summed E-state index contributed by atoms with van der Waals surface area (Å²) in [4.78, 5) is 0. The van der Waals surface area contributed by atoms with E-state index in [2.05, 4.69) is 32.2 Å². The van der Waals surface area contributed by atoms with E-state index in [0.717, 1.165) is 38.5 Å². The molecule has 1 rings (SSSR count). The van der Waals surface area contributed by atoms with E-state index in [1.54, 1.807) is 0 Å². The van der Waals surface area contributed by atoms with Crippen molar-refractivity contribution in [3.05, 3.63) is 29.3 Å². The Labute approximate surface area is 117 Å². The first-order valence-electron chi connectivity index (χ1n) is 7.23. The van der Waals surface area contributed by atoms with Crippen LogP contribution in [-0.2, 0) is 4.74 Å². The zero-order valence-corrected chi connectivity index (χ0v) is 12.5. The van der Waals surface area contributed by atoms with Crippen molar-refractivity contribution in [3.8, 4) is 5.75 Å². The van der Waals surface area contributed by atoms with E-state index in [-0.39, 0.29) is 0 Å². The lowest BCUT2D eigenvalue weighted by molar-refractivity contribution is 0.132. The molecule has 0 aliphatic carbocycles. The van der Waals surface area contributed by atoms with Gasteiger partial charge in [0, 0.05) is 19.7 Å². The predicted octanol–water partition coefficient (Wildman–Crippen LogP) is 3.09. The molecule has 0 amide bonds. The molecule has 1 N–H and O–H groups in total. The highest BCUT2D eigenvalue weighted by Gasteiger charge is 2.00. The first kappa shape index (κ1) is 16.0. The number of hydrogen-bond acceptors (Lipinski definition) is 3. The molecule has 0 heterocycles. The van der Waals surface area contributed by atoms with Crippen LogP contribution in [0.3, 0.4) is 0 Å². The number of aryl methyl sites for hydroxylation is 1. The van der Waals surface area contributed by atoms with Gasteiger partial charge in [0.2, 0.25) is 0 Å². The van der Waals surface area contributed by atoms with E-state index >= 15 is 0 Å². The van der Waals surface area contributed by atoms with Gasteiger partial charge in [-0.1, -0.05) is 25.5 Å². The molecule has 0 spiro atoms. The summed E-state index contributed by atoms with van der Waals surface area (Å²) in [5, 5.41) is 3.32. The van der Waals surface area contributed by atoms with E-state index in [1.165, 1.54) is 17.5 Å². The number of benzene rings is 1. The van der Waals surface area contributed by atoms with Gasteiger partial charge in [0.25, 0.3) is 0 Å². The molecule has 0 bridgehead atoms. The van der Waals surface area contributed by atoms with Crippen molar-refractivity contribution >= 4 is 0 Å². The molecule has 0 saturated heterocycles. The summed E-state index contributed by atoms with van der Waals surface area (Å²) in [6, 6.07) is 6.16. The van der Waals surface area contributed by atoms with E-state index in [9.17, 15) is 0 Å². The maximum absolute atomic E-state index is 5.76. The minimum Gasteiger partial charge on any atom is -0.492 e. The lowest BCUT2D eigenvalue weighted by Gasteiger charge is -2.11. The molecule has 0 atom stereocenters. The fraction of sp³-hybridized carbons (Fsp3) is 0.625. The number of unbranched alkanes of at least 4 members (excludes halogenated alkanes) is 1. The highest BCUT2D eigenvalue weighted by atomic mass is 16.5. The highest BCUT2D eigenvalue weighted by molar-refractivity contribution is 5.38. The Morgan fingerprint density at radius 3 is 2.63 bits per heavy atom. The first-order valence-corrected chi connectivity index (χ1v) is 7.23. The van der Waals surface area contributed by atoms with Gasteiger partial charge in [-0.15, -0.1) is 0 Å². The summed E-state index contributed by atoms with van der Waals surface area (Å²) in [6.07, 6.45) is 2.34. The second-order valence-electron chi connectivity index (χ2n) is 4.76. The third-order valence-electron chi connectivity index (χ3n) is 3.16. The van der Waals surface area contributed by atoms with Gasteiger partial charge in [0.1, 0.15) is 12.4 Å². The Hall–Kier alpha value is -1.06. The first-order chi connectivity index (χ1) is 9.25. The highest BCUT2D eigenvalue weighted by Crippen LogP contribution is 2.20. The SMILES string of the molecule is CCCCOCCNCCOc1cccc(C)c1C. The van der Waals surface area contributed by atoms with Gasteiger partial charge in [0.05, 0.1) is 6.61 Å². The standard InChI is InChI=1S/C16H27NO2/c1-4-5-11-18-12-9-17-10-13-19-16-8-6-7-14(2)15(16)3/h6-8,17H,4-5,9-13H2,1-3H3. The van der Waals surface area contributed by atoms with Crippen molar-refractivity contribution in [2.45, 2.75) is 33.6 Å². The van der Waals surface area contributed by atoms with E-state index in [0.29, 0.717) is 6.61 Å². The minimum atomic E-state index is 0.694. The molecule has 108 valence electrons. The molecule has 1 aromatic carbocycles. The van der Waals surface area contributed by atoms with Gasteiger partial charge in [-0.2, -0.15) is 0 Å². The summed E-state index contributed by atoms with van der Waals surface area (Å²) in [7, 11) is 0. The van der Waals surface area contributed by atoms with Crippen LogP contribution in [-0.4, -0.2) is 32.9 Å². The normalized spacial score (nSPS) is 10.7. The topological polar surface area (TPSA) is 30.5 Å². The minimum absolute atomic E-state index is 0.694. The summed E-state index contributed by atoms with van der Waals surface area (Å²) in [6.45, 7) is 10.5. The van der Waals surface area contributed by atoms with Crippen molar-refractivity contribution in [1.29, 1.82) is 0 Å². The van der Waals surface area contributed by atoms with Crippen LogP contribution in [0.25, 0.3) is 0 Å². The Balaban J connectivity index is 2.03. The quantitative estimate of drug-likeness (QED) is 0.659. The van der Waals surface area contributed by atoms with Crippen molar-refractivity contribution in [2.24, 2.45) is 0 Å². The van der Waals surface area contributed by atoms with Crippen LogP contribution in [0.4, 0.5) is 0 Å². The molecule has 19 heavy (non-hydrogen) atoms. The van der Waals surface area contributed by atoms with Crippen molar-refractivity contribution in [3.63, 3.8) is 0 Å². The summed E-state index contributed by atoms with van der Waals surface area (Å²) >= 11 is 0. The van der Waals surface area contributed by atoms with E-state index in [4.69, 9.17) is 9.47 Å². The maximum atomic E-state index is 5.76. The molecule has 0 fully saturated rings. The third kappa shape index (κ3) is 6.60. The van der Waals surface area contributed by atoms with Crippen LogP contribution in [0.5, 0.6) is 5.75 Å². The largest absolute Gasteiger partial charge is 0.492 e. The third-order valence-corrected chi connectivity index (χ3v) is 3.16. The summed E-state index contributed by atoms with van der Waals surface area (Å²) in [5.74, 6) is 0.987. The molecule has 0 radical (unpaired) electrons. The van der Waals surface area contributed by atoms with Crippen LogP contribution in [0, 0.1) is 13.8 Å². The fourth-order valence-electron chi connectivity index (χ4n) is 1.73. The predicted molar refractivity (Wildman–Crippen MR) is 80.0 cm³/mol. The van der Waals surface area contributed by atoms with Gasteiger partial charge in [-0.25, -0.2) is 0 Å². The number of ether oxygens (including phenoxy) is 2. The monoisotopic (exact) mass is 265 g/mol. The molecule has 0 aliphatic rings. The lowest BCUT2D eigenvalue weighted by atomic mass is 10.1. The molecule has 0 saturated carbocycles. The Morgan fingerprint density at radius 2 is 1.84 bits per heavy atom. The second-order valence-corrected chi connectivity index (χ2v) is 4.76. The lowest BCUT2D eigenvalue weighted by Crippen LogP contribution is -2.25. The van der Waals surface area contributed by atoms with Gasteiger partial charge in [-0.3, -0.25) is 0 Å². The van der Waals surface area contributed by atoms with E-state index < -0.39 is 0 Å². The van der Waals surface area contributed by atoms with Crippen LogP contribution < -0.4 is 10.1 Å².